The zero-order valence-electron chi connectivity index (χ0n) is 14.7. The average Bonchev–Trinajstić information content (AvgIpc) is 2.57. The van der Waals surface area contributed by atoms with Gasteiger partial charge in [0.25, 0.3) is 0 Å². The Labute approximate surface area is 157 Å². The van der Waals surface area contributed by atoms with Crippen LogP contribution in [0.15, 0.2) is 42.5 Å². The molecular formula is C18H20ClFN2O3S. The van der Waals surface area contributed by atoms with Crippen LogP contribution in [-0.2, 0) is 21.2 Å². The maximum absolute atomic E-state index is 13.2. The van der Waals surface area contributed by atoms with Crippen LogP contribution in [0.25, 0.3) is 0 Å². The molecule has 0 aliphatic rings. The standard InChI is InChI=1S/C18H20ClFN2O3S/c1-4-13-5-8-15(9-6-13)22(26(3,24)25)12(2)18(23)21-14-7-10-17(20)16(19)11-14/h5-12H,4H2,1-3H3,(H,21,23)/t12-/m0/s1. The van der Waals surface area contributed by atoms with E-state index in [4.69, 9.17) is 11.6 Å². The van der Waals surface area contributed by atoms with Crippen LogP contribution in [0.4, 0.5) is 15.8 Å². The fourth-order valence-electron chi connectivity index (χ4n) is 2.51. The number of nitrogens with zero attached hydrogens (tertiary/aromatic N) is 1. The first-order chi connectivity index (χ1) is 12.1. The fourth-order valence-corrected chi connectivity index (χ4v) is 3.86. The second kappa shape index (κ2) is 8.05. The Kier molecular flexibility index (Phi) is 6.26. The largest absolute Gasteiger partial charge is 0.324 e. The summed E-state index contributed by atoms with van der Waals surface area (Å²) in [7, 11) is -3.70. The third-order valence-corrected chi connectivity index (χ3v) is 5.41. The molecule has 0 saturated carbocycles. The molecule has 2 aromatic carbocycles. The monoisotopic (exact) mass is 398 g/mol. The van der Waals surface area contributed by atoms with E-state index in [9.17, 15) is 17.6 Å². The SMILES string of the molecule is CCc1ccc(N([C@@H](C)C(=O)Nc2ccc(F)c(Cl)c2)S(C)(=O)=O)cc1. The second-order valence-electron chi connectivity index (χ2n) is 5.87. The van der Waals surface area contributed by atoms with Crippen LogP contribution in [0.2, 0.25) is 5.02 Å². The maximum atomic E-state index is 13.2. The molecule has 0 aliphatic heterocycles. The van der Waals surface area contributed by atoms with Gasteiger partial charge in [-0.1, -0.05) is 30.7 Å². The Morgan fingerprint density at radius 1 is 1.23 bits per heavy atom. The van der Waals surface area contributed by atoms with Gasteiger partial charge in [0.15, 0.2) is 0 Å². The fraction of sp³-hybridized carbons (Fsp3) is 0.278. The van der Waals surface area contributed by atoms with E-state index in [0.717, 1.165) is 28.6 Å². The van der Waals surface area contributed by atoms with Crippen molar-refractivity contribution >= 4 is 38.9 Å². The Bertz CT molecular complexity index is 901. The lowest BCUT2D eigenvalue weighted by molar-refractivity contribution is -0.116. The molecule has 0 aromatic heterocycles. The normalized spacial score (nSPS) is 12.5. The number of hydrogen-bond acceptors (Lipinski definition) is 3. The highest BCUT2D eigenvalue weighted by atomic mass is 35.5. The molecule has 26 heavy (non-hydrogen) atoms. The van der Waals surface area contributed by atoms with Gasteiger partial charge in [-0.3, -0.25) is 9.10 Å². The highest BCUT2D eigenvalue weighted by molar-refractivity contribution is 7.92. The van der Waals surface area contributed by atoms with Crippen LogP contribution in [0, 0.1) is 5.82 Å². The second-order valence-corrected chi connectivity index (χ2v) is 8.14. The van der Waals surface area contributed by atoms with Crippen molar-refractivity contribution in [3.63, 3.8) is 0 Å². The van der Waals surface area contributed by atoms with Gasteiger partial charge in [-0.2, -0.15) is 0 Å². The Balaban J connectivity index is 2.29. The number of rotatable bonds is 6. The van der Waals surface area contributed by atoms with Crippen LogP contribution >= 0.6 is 11.6 Å². The minimum atomic E-state index is -3.70. The zero-order valence-corrected chi connectivity index (χ0v) is 16.2. The van der Waals surface area contributed by atoms with E-state index in [0.29, 0.717) is 5.69 Å². The van der Waals surface area contributed by atoms with Crippen LogP contribution < -0.4 is 9.62 Å². The molecule has 0 unspecified atom stereocenters. The molecule has 5 nitrogen and oxygen atoms in total. The predicted molar refractivity (Wildman–Crippen MR) is 103 cm³/mol. The summed E-state index contributed by atoms with van der Waals surface area (Å²) in [5.74, 6) is -1.16. The first kappa shape index (κ1) is 20.2. The van der Waals surface area contributed by atoms with Crippen molar-refractivity contribution in [3.8, 4) is 0 Å². The van der Waals surface area contributed by atoms with E-state index >= 15 is 0 Å². The third kappa shape index (κ3) is 4.74. The summed E-state index contributed by atoms with van der Waals surface area (Å²) in [4.78, 5) is 12.5. The molecule has 0 spiro atoms. The molecule has 0 aliphatic carbocycles. The number of anilines is 2. The summed E-state index contributed by atoms with van der Waals surface area (Å²) in [5.41, 5.74) is 1.73. The molecule has 140 valence electrons. The van der Waals surface area contributed by atoms with E-state index in [1.165, 1.54) is 19.1 Å². The lowest BCUT2D eigenvalue weighted by Crippen LogP contribution is -2.45. The van der Waals surface area contributed by atoms with E-state index < -0.39 is 27.8 Å². The number of sulfonamides is 1. The molecule has 0 bridgehead atoms. The molecule has 0 saturated heterocycles. The van der Waals surface area contributed by atoms with Gasteiger partial charge in [-0.25, -0.2) is 12.8 Å². The molecule has 1 atom stereocenters. The van der Waals surface area contributed by atoms with Gasteiger partial charge in [-0.15, -0.1) is 0 Å². The van der Waals surface area contributed by atoms with Gasteiger partial charge < -0.3 is 5.32 Å². The molecule has 0 heterocycles. The molecule has 1 amide bonds. The number of halogens is 2. The van der Waals surface area contributed by atoms with Gasteiger partial charge in [-0.05, 0) is 49.2 Å². The minimum Gasteiger partial charge on any atom is -0.324 e. The molecule has 2 rings (SSSR count). The Hall–Kier alpha value is -2.12. The van der Waals surface area contributed by atoms with Crippen LogP contribution in [-0.4, -0.2) is 26.6 Å². The highest BCUT2D eigenvalue weighted by Gasteiger charge is 2.29. The Morgan fingerprint density at radius 2 is 1.85 bits per heavy atom. The number of hydrogen-bond donors (Lipinski definition) is 1. The van der Waals surface area contributed by atoms with Gasteiger partial charge >= 0.3 is 0 Å². The summed E-state index contributed by atoms with van der Waals surface area (Å²) >= 11 is 5.70. The summed E-state index contributed by atoms with van der Waals surface area (Å²) in [5, 5.41) is 2.42. The van der Waals surface area contributed by atoms with Crippen molar-refractivity contribution in [2.45, 2.75) is 26.3 Å². The molecule has 0 radical (unpaired) electrons. The van der Waals surface area contributed by atoms with Gasteiger partial charge in [0, 0.05) is 5.69 Å². The Morgan fingerprint density at radius 3 is 2.35 bits per heavy atom. The van der Waals surface area contributed by atoms with Crippen molar-refractivity contribution in [1.82, 2.24) is 0 Å². The van der Waals surface area contributed by atoms with Gasteiger partial charge in [0.05, 0.1) is 17.0 Å². The topological polar surface area (TPSA) is 66.5 Å². The third-order valence-electron chi connectivity index (χ3n) is 3.87. The smallest absolute Gasteiger partial charge is 0.247 e. The number of carbonyl (C=O) groups is 1. The first-order valence-electron chi connectivity index (χ1n) is 7.97. The zero-order chi connectivity index (χ0) is 19.5. The lowest BCUT2D eigenvalue weighted by Gasteiger charge is -2.28. The average molecular weight is 399 g/mol. The highest BCUT2D eigenvalue weighted by Crippen LogP contribution is 2.23. The number of aryl methyl sites for hydroxylation is 1. The molecule has 2 aromatic rings. The van der Waals surface area contributed by atoms with Crippen LogP contribution in [0.1, 0.15) is 19.4 Å². The van der Waals surface area contributed by atoms with E-state index in [2.05, 4.69) is 5.32 Å². The van der Waals surface area contributed by atoms with Crippen molar-refractivity contribution in [2.75, 3.05) is 15.9 Å². The summed E-state index contributed by atoms with van der Waals surface area (Å²) in [6, 6.07) is 9.70. The number of nitrogens with one attached hydrogen (secondary N) is 1. The summed E-state index contributed by atoms with van der Waals surface area (Å²) < 4.78 is 38.8. The van der Waals surface area contributed by atoms with Crippen LogP contribution in [0.5, 0.6) is 0 Å². The number of carbonyl (C=O) groups excluding carboxylic acids is 1. The van der Waals surface area contributed by atoms with Crippen LogP contribution in [0.3, 0.4) is 0 Å². The number of amides is 1. The van der Waals surface area contributed by atoms with Crippen molar-refractivity contribution in [1.29, 1.82) is 0 Å². The summed E-state index contributed by atoms with van der Waals surface area (Å²) in [6.07, 6.45) is 1.86. The van der Waals surface area contributed by atoms with E-state index in [1.54, 1.807) is 12.1 Å². The lowest BCUT2D eigenvalue weighted by atomic mass is 10.1. The molecular weight excluding hydrogens is 379 g/mol. The summed E-state index contributed by atoms with van der Waals surface area (Å²) in [6.45, 7) is 3.47. The quantitative estimate of drug-likeness (QED) is 0.804. The minimum absolute atomic E-state index is 0.134. The van der Waals surface area contributed by atoms with E-state index in [-0.39, 0.29) is 10.7 Å². The predicted octanol–water partition coefficient (Wildman–Crippen LogP) is 3.83. The molecule has 0 fully saturated rings. The van der Waals surface area contributed by atoms with Gasteiger partial charge in [0.2, 0.25) is 15.9 Å². The van der Waals surface area contributed by atoms with Gasteiger partial charge in [0.1, 0.15) is 11.9 Å². The molecule has 1 N–H and O–H groups in total. The first-order valence-corrected chi connectivity index (χ1v) is 10.2. The van der Waals surface area contributed by atoms with Crippen molar-refractivity contribution in [2.24, 2.45) is 0 Å². The van der Waals surface area contributed by atoms with E-state index in [1.807, 2.05) is 19.1 Å². The van der Waals surface area contributed by atoms with Crippen molar-refractivity contribution in [3.05, 3.63) is 58.9 Å². The maximum Gasteiger partial charge on any atom is 0.247 e. The van der Waals surface area contributed by atoms with Crippen molar-refractivity contribution < 1.29 is 17.6 Å². The number of benzene rings is 2. The molecule has 8 heteroatoms.